The van der Waals surface area contributed by atoms with Crippen LogP contribution in [0.5, 0.6) is 0 Å². The van der Waals surface area contributed by atoms with Gasteiger partial charge in [0.2, 0.25) is 0 Å². The Kier molecular flexibility index (Phi) is 4.76. The fourth-order valence-corrected chi connectivity index (χ4v) is 3.26. The van der Waals surface area contributed by atoms with Crippen molar-refractivity contribution < 1.29 is 0 Å². The van der Waals surface area contributed by atoms with Crippen LogP contribution in [0.3, 0.4) is 0 Å². The molecule has 5 nitrogen and oxygen atoms in total. The molecule has 1 aliphatic rings. The van der Waals surface area contributed by atoms with Crippen molar-refractivity contribution >= 4 is 41.6 Å². The minimum Gasteiger partial charge on any atom is -0.345 e. The van der Waals surface area contributed by atoms with Crippen LogP contribution in [0.1, 0.15) is 25.0 Å². The second kappa shape index (κ2) is 6.22. The van der Waals surface area contributed by atoms with Crippen molar-refractivity contribution in [2.75, 3.05) is 13.1 Å². The number of aromatic amines is 1. The van der Waals surface area contributed by atoms with E-state index in [2.05, 4.69) is 37.7 Å². The molecule has 21 heavy (non-hydrogen) atoms. The van der Waals surface area contributed by atoms with Gasteiger partial charge in [0.25, 0.3) is 0 Å². The second-order valence-corrected chi connectivity index (χ2v) is 5.28. The van der Waals surface area contributed by atoms with E-state index in [1.807, 2.05) is 18.6 Å². The van der Waals surface area contributed by atoms with Gasteiger partial charge in [-0.05, 0) is 18.5 Å². The van der Waals surface area contributed by atoms with E-state index >= 15 is 0 Å². The van der Waals surface area contributed by atoms with Crippen molar-refractivity contribution in [3.63, 3.8) is 0 Å². The standard InChI is InChI=1S/C14H17N5.2ClH/c1-2-9-5-15-6-10(9)12-7-17-13-8-18-14-11(19(12)13)3-4-16-14;;/h3-4,7-10,15-16H,2,5-6H2,1H3;2*1H/t9-,10-;;/m0../s1. The Balaban J connectivity index is 0.000000807. The third-order valence-electron chi connectivity index (χ3n) is 4.31. The van der Waals surface area contributed by atoms with Crippen LogP contribution in [0.4, 0.5) is 0 Å². The van der Waals surface area contributed by atoms with Crippen LogP contribution in [0.2, 0.25) is 0 Å². The van der Waals surface area contributed by atoms with E-state index in [0.29, 0.717) is 11.8 Å². The molecule has 0 aliphatic carbocycles. The highest BCUT2D eigenvalue weighted by Crippen LogP contribution is 2.31. The molecule has 0 amide bonds. The summed E-state index contributed by atoms with van der Waals surface area (Å²) in [5, 5.41) is 3.50. The number of halogens is 2. The highest BCUT2D eigenvalue weighted by atomic mass is 35.5. The lowest BCUT2D eigenvalue weighted by Gasteiger charge is -2.16. The fraction of sp³-hybridized carbons (Fsp3) is 0.429. The average Bonchev–Trinajstić information content (AvgIpc) is 3.15. The summed E-state index contributed by atoms with van der Waals surface area (Å²) < 4.78 is 2.25. The van der Waals surface area contributed by atoms with Crippen LogP contribution < -0.4 is 5.32 Å². The maximum Gasteiger partial charge on any atom is 0.156 e. The number of imidazole rings is 1. The van der Waals surface area contributed by atoms with E-state index in [4.69, 9.17) is 0 Å². The Bertz CT molecular complexity index is 735. The third-order valence-corrected chi connectivity index (χ3v) is 4.31. The first-order chi connectivity index (χ1) is 9.38. The highest BCUT2D eigenvalue weighted by molar-refractivity contribution is 5.85. The normalized spacial score (nSPS) is 21.4. The smallest absolute Gasteiger partial charge is 0.156 e. The quantitative estimate of drug-likeness (QED) is 0.760. The van der Waals surface area contributed by atoms with Gasteiger partial charge in [0.05, 0.1) is 11.7 Å². The van der Waals surface area contributed by atoms with Gasteiger partial charge in [-0.25, -0.2) is 9.97 Å². The first-order valence-electron chi connectivity index (χ1n) is 6.88. The lowest BCUT2D eigenvalue weighted by molar-refractivity contribution is 0.493. The molecule has 0 radical (unpaired) electrons. The maximum atomic E-state index is 4.52. The zero-order chi connectivity index (χ0) is 12.8. The zero-order valence-corrected chi connectivity index (χ0v) is 13.4. The SMILES string of the molecule is CC[C@H]1CNC[C@@H]1c1cnc2cnc3[nH]ccc3n12.Cl.Cl. The topological polar surface area (TPSA) is 58.0 Å². The molecule has 1 aliphatic heterocycles. The van der Waals surface area contributed by atoms with Crippen LogP contribution in [0, 0.1) is 5.92 Å². The van der Waals surface area contributed by atoms with E-state index in [9.17, 15) is 0 Å². The molecule has 3 aromatic rings. The molecule has 4 rings (SSSR count). The minimum atomic E-state index is 0. The van der Waals surface area contributed by atoms with Crippen LogP contribution in [0.25, 0.3) is 16.8 Å². The number of H-pyrrole nitrogens is 1. The van der Waals surface area contributed by atoms with E-state index in [-0.39, 0.29) is 24.8 Å². The number of nitrogens with zero attached hydrogens (tertiary/aromatic N) is 3. The van der Waals surface area contributed by atoms with Crippen molar-refractivity contribution in [3.8, 4) is 0 Å². The zero-order valence-electron chi connectivity index (χ0n) is 11.7. The van der Waals surface area contributed by atoms with Gasteiger partial charge >= 0.3 is 0 Å². The van der Waals surface area contributed by atoms with Gasteiger partial charge in [0.1, 0.15) is 0 Å². The molecule has 0 unspecified atom stereocenters. The molecular weight excluding hydrogens is 309 g/mol. The number of hydrogen-bond acceptors (Lipinski definition) is 3. The predicted molar refractivity (Wildman–Crippen MR) is 88.7 cm³/mol. The average molecular weight is 328 g/mol. The van der Waals surface area contributed by atoms with E-state index in [1.54, 1.807) is 0 Å². The Hall–Kier alpha value is -1.30. The van der Waals surface area contributed by atoms with Crippen molar-refractivity contribution in [2.45, 2.75) is 19.3 Å². The summed E-state index contributed by atoms with van der Waals surface area (Å²) in [6.45, 7) is 4.41. The van der Waals surface area contributed by atoms with Crippen LogP contribution >= 0.6 is 24.8 Å². The van der Waals surface area contributed by atoms with Gasteiger partial charge in [-0.2, -0.15) is 0 Å². The summed E-state index contributed by atoms with van der Waals surface area (Å²) in [7, 11) is 0. The summed E-state index contributed by atoms with van der Waals surface area (Å²) in [5.41, 5.74) is 4.28. The monoisotopic (exact) mass is 327 g/mol. The molecule has 2 N–H and O–H groups in total. The van der Waals surface area contributed by atoms with Crippen LogP contribution in [-0.2, 0) is 0 Å². The van der Waals surface area contributed by atoms with Gasteiger partial charge in [-0.1, -0.05) is 13.3 Å². The van der Waals surface area contributed by atoms with Gasteiger partial charge in [0, 0.05) is 30.6 Å². The van der Waals surface area contributed by atoms with Gasteiger partial charge in [0.15, 0.2) is 11.3 Å². The predicted octanol–water partition coefficient (Wildman–Crippen LogP) is 2.77. The van der Waals surface area contributed by atoms with Crippen LogP contribution in [0.15, 0.2) is 24.7 Å². The number of fused-ring (bicyclic) bond motifs is 3. The summed E-state index contributed by atoms with van der Waals surface area (Å²) >= 11 is 0. The third kappa shape index (κ3) is 2.39. The lowest BCUT2D eigenvalue weighted by Crippen LogP contribution is -2.12. The summed E-state index contributed by atoms with van der Waals surface area (Å²) in [6, 6.07) is 2.07. The number of aromatic nitrogens is 4. The number of hydrogen-bond donors (Lipinski definition) is 2. The molecule has 1 fully saturated rings. The second-order valence-electron chi connectivity index (χ2n) is 5.28. The fourth-order valence-electron chi connectivity index (χ4n) is 3.26. The molecule has 0 saturated carbocycles. The minimum absolute atomic E-state index is 0. The van der Waals surface area contributed by atoms with Crippen molar-refractivity contribution in [2.24, 2.45) is 5.92 Å². The number of nitrogens with one attached hydrogen (secondary N) is 2. The molecular formula is C14H19Cl2N5. The summed E-state index contributed by atoms with van der Waals surface area (Å²) in [6.07, 6.45) is 6.99. The lowest BCUT2D eigenvalue weighted by atomic mass is 9.91. The Morgan fingerprint density at radius 3 is 2.90 bits per heavy atom. The van der Waals surface area contributed by atoms with Gasteiger partial charge in [-0.15, -0.1) is 24.8 Å². The molecule has 2 atom stereocenters. The van der Waals surface area contributed by atoms with Gasteiger partial charge in [-0.3, -0.25) is 4.40 Å². The Morgan fingerprint density at radius 2 is 2.10 bits per heavy atom. The van der Waals surface area contributed by atoms with Crippen LogP contribution in [-0.4, -0.2) is 32.4 Å². The van der Waals surface area contributed by atoms with Crippen molar-refractivity contribution in [3.05, 3.63) is 30.4 Å². The molecule has 114 valence electrons. The summed E-state index contributed by atoms with van der Waals surface area (Å²) in [4.78, 5) is 12.1. The molecule has 7 heteroatoms. The summed E-state index contributed by atoms with van der Waals surface area (Å²) in [5.74, 6) is 1.24. The first-order valence-corrected chi connectivity index (χ1v) is 6.88. The Labute approximate surface area is 135 Å². The Morgan fingerprint density at radius 1 is 1.24 bits per heavy atom. The largest absolute Gasteiger partial charge is 0.345 e. The maximum absolute atomic E-state index is 4.52. The molecule has 1 saturated heterocycles. The van der Waals surface area contributed by atoms with E-state index in [0.717, 1.165) is 29.9 Å². The number of rotatable bonds is 2. The van der Waals surface area contributed by atoms with E-state index in [1.165, 1.54) is 12.1 Å². The highest BCUT2D eigenvalue weighted by Gasteiger charge is 2.29. The molecule has 0 spiro atoms. The van der Waals surface area contributed by atoms with Gasteiger partial charge < -0.3 is 10.3 Å². The molecule has 0 aromatic carbocycles. The van der Waals surface area contributed by atoms with Crippen molar-refractivity contribution in [1.82, 2.24) is 24.7 Å². The molecule has 4 heterocycles. The molecule has 0 bridgehead atoms. The van der Waals surface area contributed by atoms with E-state index < -0.39 is 0 Å². The van der Waals surface area contributed by atoms with Crippen molar-refractivity contribution in [1.29, 1.82) is 0 Å². The molecule has 3 aromatic heterocycles. The first kappa shape index (κ1) is 16.1.